The van der Waals surface area contributed by atoms with Crippen molar-refractivity contribution in [1.29, 1.82) is 0 Å². The van der Waals surface area contributed by atoms with Crippen molar-refractivity contribution in [3.8, 4) is 0 Å². The minimum absolute atomic E-state index is 0.0230. The van der Waals surface area contributed by atoms with E-state index in [2.05, 4.69) is 20.1 Å². The van der Waals surface area contributed by atoms with Crippen LogP contribution in [0.5, 0.6) is 0 Å². The van der Waals surface area contributed by atoms with Crippen molar-refractivity contribution in [2.24, 2.45) is 5.92 Å². The first-order valence-electron chi connectivity index (χ1n) is 5.09. The van der Waals surface area contributed by atoms with Crippen LogP contribution >= 0.6 is 15.4 Å². The summed E-state index contributed by atoms with van der Waals surface area (Å²) in [6.07, 6.45) is 0. The Hall–Kier alpha value is -0.360. The molecule has 86 valence electrons. The van der Waals surface area contributed by atoms with Crippen LogP contribution in [0.4, 0.5) is 0 Å². The fraction of sp³-hybridized carbons (Fsp3) is 0.364. The maximum atomic E-state index is 11.4. The number of hydrogen-bond donors (Lipinski definition) is 0. The van der Waals surface area contributed by atoms with Crippen molar-refractivity contribution in [2.45, 2.75) is 12.3 Å². The molecule has 2 atom stereocenters. The summed E-state index contributed by atoms with van der Waals surface area (Å²) in [5.41, 5.74) is 0. The maximum absolute atomic E-state index is 11.4. The van der Waals surface area contributed by atoms with E-state index in [4.69, 9.17) is 0 Å². The number of likely N-dealkylation sites (tertiary alicyclic amines) is 1. The summed E-state index contributed by atoms with van der Waals surface area (Å²) < 4.78 is 0. The van der Waals surface area contributed by atoms with E-state index in [1.165, 1.54) is 12.7 Å². The van der Waals surface area contributed by atoms with Gasteiger partial charge >= 0.3 is 0 Å². The Morgan fingerprint density at radius 3 is 2.56 bits per heavy atom. The first kappa shape index (κ1) is 12.1. The predicted octanol–water partition coefficient (Wildman–Crippen LogP) is 2.28. The molecule has 5 heteroatoms. The Kier molecular flexibility index (Phi) is 3.69. The van der Waals surface area contributed by atoms with Crippen LogP contribution in [0.1, 0.15) is 6.92 Å². The SMILES string of the molecule is CC1C(=O)N(C)C1[S-](=P)=Pc1ccccc1. The molecule has 1 aliphatic heterocycles. The van der Waals surface area contributed by atoms with Gasteiger partial charge in [-0.25, -0.2) is 7.36 Å². The summed E-state index contributed by atoms with van der Waals surface area (Å²) >= 11 is 0. The molecule has 2 rings (SSSR count). The van der Waals surface area contributed by atoms with E-state index >= 15 is 0 Å². The second-order valence-electron chi connectivity index (χ2n) is 3.87. The summed E-state index contributed by atoms with van der Waals surface area (Å²) in [7, 11) is 6.94. The Balaban J connectivity index is 2.21. The minimum Gasteiger partial charge on any atom is -0.398 e. The van der Waals surface area contributed by atoms with Crippen LogP contribution in [0.15, 0.2) is 30.3 Å². The first-order valence-corrected chi connectivity index (χ1v) is 9.10. The second kappa shape index (κ2) is 4.87. The van der Waals surface area contributed by atoms with Crippen LogP contribution < -0.4 is 5.30 Å². The number of carbonyl (C=O) groups is 1. The van der Waals surface area contributed by atoms with E-state index in [1.54, 1.807) is 0 Å². The van der Waals surface area contributed by atoms with Gasteiger partial charge < -0.3 is 14.2 Å². The van der Waals surface area contributed by atoms with Crippen molar-refractivity contribution in [3.63, 3.8) is 0 Å². The van der Waals surface area contributed by atoms with E-state index in [9.17, 15) is 4.79 Å². The van der Waals surface area contributed by atoms with Gasteiger partial charge in [-0.15, -0.1) is 0 Å². The number of benzene rings is 1. The van der Waals surface area contributed by atoms with Gasteiger partial charge in [0.05, 0.1) is 0 Å². The molecule has 2 nitrogen and oxygen atoms in total. The third-order valence-electron chi connectivity index (χ3n) is 2.74. The lowest BCUT2D eigenvalue weighted by Gasteiger charge is -2.49. The summed E-state index contributed by atoms with van der Waals surface area (Å²) in [6, 6.07) is 10.3. The summed E-state index contributed by atoms with van der Waals surface area (Å²) in [5, 5.41) is 1.63. The third kappa shape index (κ3) is 2.18. The first-order chi connectivity index (χ1) is 7.61. The van der Waals surface area contributed by atoms with Gasteiger partial charge in [-0.2, -0.15) is 0 Å². The van der Waals surface area contributed by atoms with E-state index in [1.807, 2.05) is 37.1 Å². The summed E-state index contributed by atoms with van der Waals surface area (Å²) in [5.74, 6) is 0.408. The molecule has 16 heavy (non-hydrogen) atoms. The lowest BCUT2D eigenvalue weighted by atomic mass is 10.0. The highest BCUT2D eigenvalue weighted by Gasteiger charge is 2.35. The Labute approximate surface area is 101 Å². The van der Waals surface area contributed by atoms with Crippen molar-refractivity contribution < 1.29 is 4.79 Å². The molecule has 1 aliphatic rings. The fourth-order valence-electron chi connectivity index (χ4n) is 1.82. The van der Waals surface area contributed by atoms with Crippen molar-refractivity contribution >= 4 is 35.8 Å². The van der Waals surface area contributed by atoms with Gasteiger partial charge in [0, 0.05) is 13.0 Å². The molecule has 0 N–H and O–H groups in total. The van der Waals surface area contributed by atoms with Crippen molar-refractivity contribution in [1.82, 2.24) is 4.90 Å². The van der Waals surface area contributed by atoms with Crippen LogP contribution in [0, 0.1) is 5.92 Å². The number of carbonyl (C=O) groups excluding carboxylic acids is 1. The van der Waals surface area contributed by atoms with Crippen LogP contribution in [-0.2, 0) is 14.0 Å². The van der Waals surface area contributed by atoms with Crippen LogP contribution in [-0.4, -0.2) is 23.2 Å². The molecular formula is C11H14NOP2S-. The molecule has 0 spiro atoms. The molecule has 0 bridgehead atoms. The van der Waals surface area contributed by atoms with Gasteiger partial charge in [-0.3, -0.25) is 12.8 Å². The van der Waals surface area contributed by atoms with Gasteiger partial charge in [0.1, 0.15) is 0 Å². The van der Waals surface area contributed by atoms with Crippen molar-refractivity contribution in [2.75, 3.05) is 7.05 Å². The van der Waals surface area contributed by atoms with Crippen LogP contribution in [0.3, 0.4) is 0 Å². The van der Waals surface area contributed by atoms with E-state index in [0.717, 1.165) is 0 Å². The minimum atomic E-state index is 0.0230. The number of nitrogens with zero attached hydrogens (tertiary/aromatic N) is 1. The average molecular weight is 270 g/mol. The molecular weight excluding hydrogens is 256 g/mol. The Morgan fingerprint density at radius 1 is 1.38 bits per heavy atom. The second-order valence-corrected chi connectivity index (χ2v) is 9.76. The maximum Gasteiger partial charge on any atom is 0.223 e. The molecule has 0 aliphatic carbocycles. The lowest BCUT2D eigenvalue weighted by molar-refractivity contribution is -0.146. The standard InChI is InChI=1S/C11H14NOP2S/c1-8-10(13)12(2)11(8)16(14)15-9-6-4-3-5-7-9/h3-8,11,14H,1-2H3/q-1. The van der Waals surface area contributed by atoms with Crippen LogP contribution in [0.25, 0.3) is 0 Å². The molecule has 1 aromatic carbocycles. The highest BCUT2D eigenvalue weighted by atomic mass is 32.7. The Bertz CT molecular complexity index is 470. The van der Waals surface area contributed by atoms with Crippen molar-refractivity contribution in [3.05, 3.63) is 30.3 Å². The van der Waals surface area contributed by atoms with Gasteiger partial charge in [-0.05, 0) is 10.7 Å². The van der Waals surface area contributed by atoms with Crippen LogP contribution in [0.2, 0.25) is 0 Å². The molecule has 0 saturated carbocycles. The highest BCUT2D eigenvalue weighted by molar-refractivity contribution is 8.34. The molecule has 2 unspecified atom stereocenters. The molecule has 0 aromatic heterocycles. The number of hydrogen-bond acceptors (Lipinski definition) is 2. The van der Waals surface area contributed by atoms with E-state index in [0.29, 0.717) is 5.37 Å². The number of β-lactam (4-membered cyclic amide) rings is 1. The van der Waals surface area contributed by atoms with Gasteiger partial charge in [-0.1, -0.05) is 37.3 Å². The van der Waals surface area contributed by atoms with E-state index in [-0.39, 0.29) is 21.1 Å². The zero-order valence-corrected chi connectivity index (χ0v) is 12.0. The monoisotopic (exact) mass is 270 g/mol. The topological polar surface area (TPSA) is 20.3 Å². The molecule has 0 radical (unpaired) electrons. The molecule has 1 heterocycles. The number of rotatable bonds is 2. The predicted molar refractivity (Wildman–Crippen MR) is 74.4 cm³/mol. The zero-order valence-electron chi connectivity index (χ0n) is 9.25. The smallest absolute Gasteiger partial charge is 0.223 e. The number of amides is 1. The van der Waals surface area contributed by atoms with Gasteiger partial charge in [0.2, 0.25) is 5.91 Å². The molecule has 1 aromatic rings. The highest BCUT2D eigenvalue weighted by Crippen LogP contribution is 2.29. The summed E-state index contributed by atoms with van der Waals surface area (Å²) in [4.78, 5) is 13.3. The largest absolute Gasteiger partial charge is 0.398 e. The quantitative estimate of drug-likeness (QED) is 0.458. The van der Waals surface area contributed by atoms with Gasteiger partial charge in [0.15, 0.2) is 0 Å². The molecule has 1 fully saturated rings. The average Bonchev–Trinajstić information content (AvgIpc) is 2.30. The summed E-state index contributed by atoms with van der Waals surface area (Å²) in [6.45, 7) is 2.01. The molecule has 1 amide bonds. The van der Waals surface area contributed by atoms with Gasteiger partial charge in [0.25, 0.3) is 0 Å². The fourth-order valence-corrected chi connectivity index (χ4v) is 7.73. The normalized spacial score (nSPS) is 26.6. The zero-order chi connectivity index (χ0) is 11.7. The lowest BCUT2D eigenvalue weighted by Crippen LogP contribution is -2.57. The Morgan fingerprint density at radius 2 is 2.00 bits per heavy atom. The van der Waals surface area contributed by atoms with E-state index < -0.39 is 0 Å². The third-order valence-corrected chi connectivity index (χ3v) is 8.04. The molecule has 1 saturated heterocycles.